The van der Waals surface area contributed by atoms with Crippen LogP contribution < -0.4 is 5.32 Å². The number of hydrogen-bond acceptors (Lipinski definition) is 3. The van der Waals surface area contributed by atoms with Crippen molar-refractivity contribution in [3.05, 3.63) is 0 Å². The van der Waals surface area contributed by atoms with E-state index in [9.17, 15) is 14.7 Å². The normalized spacial score (nSPS) is 31.0. The molecule has 0 aromatic rings. The molecule has 0 aromatic carbocycles. The smallest absolute Gasteiger partial charge is 0.223 e. The molecule has 1 heterocycles. The van der Waals surface area contributed by atoms with E-state index in [0.29, 0.717) is 19.0 Å². The van der Waals surface area contributed by atoms with Crippen molar-refractivity contribution in [1.29, 1.82) is 0 Å². The van der Waals surface area contributed by atoms with Crippen molar-refractivity contribution in [2.45, 2.75) is 57.9 Å². The van der Waals surface area contributed by atoms with Crippen LogP contribution in [-0.2, 0) is 9.59 Å². The summed E-state index contributed by atoms with van der Waals surface area (Å²) in [5.74, 6) is 0.662. The number of amides is 2. The Labute approximate surface area is 127 Å². The Hall–Kier alpha value is -1.10. The van der Waals surface area contributed by atoms with Crippen LogP contribution in [0.2, 0.25) is 0 Å². The molecule has 2 fully saturated rings. The Morgan fingerprint density at radius 1 is 1.29 bits per heavy atom. The SMILES string of the molecule is CC(=O)N1CCC(C(=O)NC2(CO)CCCC(C)C2)CC1. The van der Waals surface area contributed by atoms with Crippen molar-refractivity contribution in [3.8, 4) is 0 Å². The van der Waals surface area contributed by atoms with E-state index in [2.05, 4.69) is 12.2 Å². The maximum absolute atomic E-state index is 12.5. The summed E-state index contributed by atoms with van der Waals surface area (Å²) in [5.41, 5.74) is -0.424. The van der Waals surface area contributed by atoms with Gasteiger partial charge in [-0.1, -0.05) is 19.8 Å². The lowest BCUT2D eigenvalue weighted by Gasteiger charge is -2.41. The Kier molecular flexibility index (Phi) is 5.25. The first kappa shape index (κ1) is 16.3. The summed E-state index contributed by atoms with van der Waals surface area (Å²) >= 11 is 0. The zero-order valence-electron chi connectivity index (χ0n) is 13.2. The van der Waals surface area contributed by atoms with Gasteiger partial charge in [-0.3, -0.25) is 9.59 Å². The Morgan fingerprint density at radius 3 is 2.48 bits per heavy atom. The molecule has 0 radical (unpaired) electrons. The minimum absolute atomic E-state index is 0.0232. The highest BCUT2D eigenvalue weighted by Gasteiger charge is 2.37. The van der Waals surface area contributed by atoms with E-state index < -0.39 is 5.54 Å². The van der Waals surface area contributed by atoms with Gasteiger partial charge in [0.05, 0.1) is 12.1 Å². The number of carbonyl (C=O) groups excluding carboxylic acids is 2. The maximum atomic E-state index is 12.5. The second kappa shape index (κ2) is 6.77. The van der Waals surface area contributed by atoms with Gasteiger partial charge in [0.1, 0.15) is 0 Å². The topological polar surface area (TPSA) is 69.6 Å². The molecule has 2 amide bonds. The van der Waals surface area contributed by atoms with Gasteiger partial charge in [0.25, 0.3) is 0 Å². The summed E-state index contributed by atoms with van der Waals surface area (Å²) in [4.78, 5) is 25.6. The third-order valence-electron chi connectivity index (χ3n) is 5.09. The van der Waals surface area contributed by atoms with Crippen LogP contribution in [0, 0.1) is 11.8 Å². The summed E-state index contributed by atoms with van der Waals surface area (Å²) in [5, 5.41) is 12.9. The quantitative estimate of drug-likeness (QED) is 0.825. The van der Waals surface area contributed by atoms with Crippen LogP contribution in [0.3, 0.4) is 0 Å². The standard InChI is InChI=1S/C16H28N2O3/c1-12-4-3-7-16(10-12,11-19)17-15(21)14-5-8-18(9-6-14)13(2)20/h12,14,19H,3-11H2,1-2H3,(H,17,21). The average molecular weight is 296 g/mol. The molecule has 0 bridgehead atoms. The third kappa shape index (κ3) is 3.96. The summed E-state index contributed by atoms with van der Waals surface area (Å²) in [6.45, 7) is 5.10. The molecule has 0 aromatic heterocycles. The molecule has 1 saturated heterocycles. The fourth-order valence-corrected chi connectivity index (χ4v) is 3.78. The lowest BCUT2D eigenvalue weighted by atomic mass is 9.76. The lowest BCUT2D eigenvalue weighted by Crippen LogP contribution is -2.56. The van der Waals surface area contributed by atoms with Crippen molar-refractivity contribution in [3.63, 3.8) is 0 Å². The summed E-state index contributed by atoms with van der Waals surface area (Å²) in [6.07, 6.45) is 5.41. The molecule has 2 atom stereocenters. The van der Waals surface area contributed by atoms with Crippen LogP contribution in [0.4, 0.5) is 0 Å². The van der Waals surface area contributed by atoms with E-state index in [1.165, 1.54) is 6.42 Å². The van der Waals surface area contributed by atoms with Crippen LogP contribution in [0.1, 0.15) is 52.4 Å². The molecule has 1 aliphatic heterocycles. The van der Waals surface area contributed by atoms with E-state index in [0.717, 1.165) is 32.1 Å². The molecule has 21 heavy (non-hydrogen) atoms. The number of hydrogen-bond donors (Lipinski definition) is 2. The first-order chi connectivity index (χ1) is 9.96. The molecular weight excluding hydrogens is 268 g/mol. The third-order valence-corrected chi connectivity index (χ3v) is 5.09. The van der Waals surface area contributed by atoms with Gasteiger partial charge in [0, 0.05) is 25.9 Å². The average Bonchev–Trinajstić information content (AvgIpc) is 2.47. The van der Waals surface area contributed by atoms with Gasteiger partial charge < -0.3 is 15.3 Å². The number of aliphatic hydroxyl groups excluding tert-OH is 1. The molecular formula is C16H28N2O3. The molecule has 1 saturated carbocycles. The highest BCUT2D eigenvalue weighted by molar-refractivity contribution is 5.80. The molecule has 0 spiro atoms. The predicted molar refractivity (Wildman–Crippen MR) is 80.6 cm³/mol. The van der Waals surface area contributed by atoms with Gasteiger partial charge >= 0.3 is 0 Å². The number of carbonyl (C=O) groups is 2. The van der Waals surface area contributed by atoms with Crippen LogP contribution in [0.5, 0.6) is 0 Å². The molecule has 5 nitrogen and oxygen atoms in total. The van der Waals surface area contributed by atoms with Crippen molar-refractivity contribution in [2.24, 2.45) is 11.8 Å². The monoisotopic (exact) mass is 296 g/mol. The van der Waals surface area contributed by atoms with Crippen LogP contribution in [-0.4, -0.2) is 47.1 Å². The van der Waals surface area contributed by atoms with Gasteiger partial charge in [-0.15, -0.1) is 0 Å². The van der Waals surface area contributed by atoms with Crippen molar-refractivity contribution < 1.29 is 14.7 Å². The zero-order valence-corrected chi connectivity index (χ0v) is 13.2. The van der Waals surface area contributed by atoms with Crippen LogP contribution in [0.15, 0.2) is 0 Å². The molecule has 5 heteroatoms. The van der Waals surface area contributed by atoms with Gasteiger partial charge in [-0.05, 0) is 31.6 Å². The zero-order chi connectivity index (χ0) is 15.5. The number of aliphatic hydroxyl groups is 1. The number of nitrogens with zero attached hydrogens (tertiary/aromatic N) is 1. The largest absolute Gasteiger partial charge is 0.394 e. The van der Waals surface area contributed by atoms with Crippen molar-refractivity contribution >= 4 is 11.8 Å². The van der Waals surface area contributed by atoms with E-state index in [1.807, 2.05) is 0 Å². The minimum atomic E-state index is -0.424. The summed E-state index contributed by atoms with van der Waals surface area (Å²) < 4.78 is 0. The first-order valence-electron chi connectivity index (χ1n) is 8.14. The van der Waals surface area contributed by atoms with Crippen molar-refractivity contribution in [1.82, 2.24) is 10.2 Å². The molecule has 2 rings (SSSR count). The molecule has 2 unspecified atom stereocenters. The minimum Gasteiger partial charge on any atom is -0.394 e. The molecule has 2 N–H and O–H groups in total. The van der Waals surface area contributed by atoms with Crippen molar-refractivity contribution in [2.75, 3.05) is 19.7 Å². The second-order valence-electron chi connectivity index (χ2n) is 6.91. The Morgan fingerprint density at radius 2 is 1.95 bits per heavy atom. The van der Waals surface area contributed by atoms with Crippen LogP contribution in [0.25, 0.3) is 0 Å². The second-order valence-corrected chi connectivity index (χ2v) is 6.91. The number of nitrogens with one attached hydrogen (secondary N) is 1. The molecule has 120 valence electrons. The Bertz CT molecular complexity index is 391. The highest BCUT2D eigenvalue weighted by Crippen LogP contribution is 2.32. The molecule has 2 aliphatic rings. The van der Waals surface area contributed by atoms with Gasteiger partial charge in [-0.25, -0.2) is 0 Å². The number of likely N-dealkylation sites (tertiary alicyclic amines) is 1. The van der Waals surface area contributed by atoms with E-state index in [4.69, 9.17) is 0 Å². The van der Waals surface area contributed by atoms with Gasteiger partial charge in [0.15, 0.2) is 0 Å². The number of rotatable bonds is 3. The summed E-state index contributed by atoms with van der Waals surface area (Å²) in [6, 6.07) is 0. The number of piperidine rings is 1. The lowest BCUT2D eigenvalue weighted by molar-refractivity contribution is -0.135. The fraction of sp³-hybridized carbons (Fsp3) is 0.875. The van der Waals surface area contributed by atoms with Gasteiger partial charge in [-0.2, -0.15) is 0 Å². The Balaban J connectivity index is 1.90. The maximum Gasteiger partial charge on any atom is 0.223 e. The van der Waals surface area contributed by atoms with E-state index in [-0.39, 0.29) is 24.3 Å². The van der Waals surface area contributed by atoms with Crippen LogP contribution >= 0.6 is 0 Å². The highest BCUT2D eigenvalue weighted by atomic mass is 16.3. The van der Waals surface area contributed by atoms with E-state index >= 15 is 0 Å². The molecule has 1 aliphatic carbocycles. The van der Waals surface area contributed by atoms with Gasteiger partial charge in [0.2, 0.25) is 11.8 Å². The predicted octanol–water partition coefficient (Wildman–Crippen LogP) is 1.30. The fourth-order valence-electron chi connectivity index (χ4n) is 3.78. The first-order valence-corrected chi connectivity index (χ1v) is 8.14. The van der Waals surface area contributed by atoms with E-state index in [1.54, 1.807) is 11.8 Å². The summed E-state index contributed by atoms with van der Waals surface area (Å²) in [7, 11) is 0.